The fourth-order valence-electron chi connectivity index (χ4n) is 2.17. The number of rotatable bonds is 5. The van der Waals surface area contributed by atoms with Crippen LogP contribution in [-0.2, 0) is 19.4 Å². The van der Waals surface area contributed by atoms with E-state index < -0.39 is 21.9 Å². The Hall–Kier alpha value is -1.11. The summed E-state index contributed by atoms with van der Waals surface area (Å²) in [7, 11) is -3.16. The molecule has 2 amide bonds. The van der Waals surface area contributed by atoms with Crippen LogP contribution in [0.25, 0.3) is 0 Å². The van der Waals surface area contributed by atoms with Gasteiger partial charge in [0.05, 0.1) is 5.75 Å². The van der Waals surface area contributed by atoms with Gasteiger partial charge >= 0.3 is 0 Å². The molecule has 0 aromatic carbocycles. The van der Waals surface area contributed by atoms with Crippen molar-refractivity contribution in [1.29, 1.82) is 0 Å². The van der Waals surface area contributed by atoms with Crippen molar-refractivity contribution in [3.63, 3.8) is 0 Å². The van der Waals surface area contributed by atoms with E-state index in [2.05, 4.69) is 5.32 Å². The Labute approximate surface area is 114 Å². The fraction of sp³-hybridized carbons (Fsp3) is 0.833. The van der Waals surface area contributed by atoms with Crippen LogP contribution in [0.2, 0.25) is 0 Å². The van der Waals surface area contributed by atoms with Crippen molar-refractivity contribution in [3.05, 3.63) is 0 Å². The summed E-state index contributed by atoms with van der Waals surface area (Å²) in [6.45, 7) is 5.58. The molecule has 1 aliphatic rings. The monoisotopic (exact) mass is 290 g/mol. The van der Waals surface area contributed by atoms with Crippen molar-refractivity contribution in [2.24, 2.45) is 5.92 Å². The quantitative estimate of drug-likeness (QED) is 0.759. The highest BCUT2D eigenvalue weighted by atomic mass is 32.2. The first kappa shape index (κ1) is 15.9. The topological polar surface area (TPSA) is 83.6 Å². The number of amides is 2. The van der Waals surface area contributed by atoms with Gasteiger partial charge in [-0.25, -0.2) is 8.42 Å². The summed E-state index contributed by atoms with van der Waals surface area (Å²) >= 11 is 0. The largest absolute Gasteiger partial charge is 0.342 e. The van der Waals surface area contributed by atoms with E-state index in [1.165, 1.54) is 4.90 Å². The number of piperazine rings is 1. The molecule has 110 valence electrons. The van der Waals surface area contributed by atoms with Crippen LogP contribution >= 0.6 is 0 Å². The number of nitrogens with zero attached hydrogens (tertiary/aromatic N) is 1. The third-order valence-electron chi connectivity index (χ3n) is 3.28. The summed E-state index contributed by atoms with van der Waals surface area (Å²) in [6, 6.07) is -1.13. The zero-order valence-electron chi connectivity index (χ0n) is 11.8. The van der Waals surface area contributed by atoms with Crippen LogP contribution in [0, 0.1) is 5.92 Å². The standard InChI is InChI=1S/C12H22N2O4S/c1-5-9-11(15)13-10(8(2)3)12(16)14(9)6-7-19(4,17)18/h8-10H,5-7H2,1-4H3,(H,13,15). The summed E-state index contributed by atoms with van der Waals surface area (Å²) in [5, 5.41) is 2.71. The maximum absolute atomic E-state index is 12.3. The highest BCUT2D eigenvalue weighted by molar-refractivity contribution is 7.90. The number of nitrogens with one attached hydrogen (secondary N) is 1. The normalized spacial score (nSPS) is 24.8. The summed E-state index contributed by atoms with van der Waals surface area (Å²) in [6.07, 6.45) is 1.61. The lowest BCUT2D eigenvalue weighted by Gasteiger charge is -2.39. The van der Waals surface area contributed by atoms with Crippen LogP contribution in [0.5, 0.6) is 0 Å². The molecule has 1 saturated heterocycles. The van der Waals surface area contributed by atoms with Gasteiger partial charge in [0, 0.05) is 12.8 Å². The van der Waals surface area contributed by atoms with Crippen LogP contribution in [0.3, 0.4) is 0 Å². The lowest BCUT2D eigenvalue weighted by molar-refractivity contribution is -0.150. The van der Waals surface area contributed by atoms with Gasteiger partial charge in [0.15, 0.2) is 0 Å². The highest BCUT2D eigenvalue weighted by Gasteiger charge is 2.40. The Balaban J connectivity index is 2.93. The van der Waals surface area contributed by atoms with Crippen LogP contribution in [0.1, 0.15) is 27.2 Å². The summed E-state index contributed by atoms with van der Waals surface area (Å²) in [5.74, 6) is -0.526. The van der Waals surface area contributed by atoms with Crippen molar-refractivity contribution >= 4 is 21.7 Å². The summed E-state index contributed by atoms with van der Waals surface area (Å²) < 4.78 is 22.5. The second-order valence-electron chi connectivity index (χ2n) is 5.32. The molecule has 1 rings (SSSR count). The molecule has 6 nitrogen and oxygen atoms in total. The first-order valence-corrected chi connectivity index (χ1v) is 8.52. The van der Waals surface area contributed by atoms with E-state index >= 15 is 0 Å². The SMILES string of the molecule is CCC1C(=O)NC(C(C)C)C(=O)N1CCS(C)(=O)=O. The van der Waals surface area contributed by atoms with Gasteiger partial charge in [0.2, 0.25) is 11.8 Å². The molecular formula is C12H22N2O4S. The number of carbonyl (C=O) groups is 2. The molecule has 1 aliphatic heterocycles. The molecule has 2 unspecified atom stereocenters. The molecule has 7 heteroatoms. The van der Waals surface area contributed by atoms with Crippen molar-refractivity contribution < 1.29 is 18.0 Å². The van der Waals surface area contributed by atoms with Crippen LogP contribution in [-0.4, -0.2) is 55.8 Å². The lowest BCUT2D eigenvalue weighted by Crippen LogP contribution is -2.65. The summed E-state index contributed by atoms with van der Waals surface area (Å²) in [4.78, 5) is 25.7. The Morgan fingerprint density at radius 1 is 1.32 bits per heavy atom. The molecule has 0 saturated carbocycles. The van der Waals surface area contributed by atoms with E-state index in [9.17, 15) is 18.0 Å². The maximum atomic E-state index is 12.3. The number of carbonyl (C=O) groups excluding carboxylic acids is 2. The zero-order chi connectivity index (χ0) is 14.8. The average Bonchev–Trinajstić information content (AvgIpc) is 2.27. The molecule has 1 fully saturated rings. The molecule has 0 bridgehead atoms. The first-order chi connectivity index (χ1) is 8.67. The van der Waals surface area contributed by atoms with E-state index in [0.29, 0.717) is 6.42 Å². The molecular weight excluding hydrogens is 268 g/mol. The lowest BCUT2D eigenvalue weighted by atomic mass is 9.97. The van der Waals surface area contributed by atoms with Crippen molar-refractivity contribution in [2.45, 2.75) is 39.3 Å². The molecule has 19 heavy (non-hydrogen) atoms. The molecule has 1 N–H and O–H groups in total. The second-order valence-corrected chi connectivity index (χ2v) is 7.58. The molecule has 0 radical (unpaired) electrons. The molecule has 0 aliphatic carbocycles. The van der Waals surface area contributed by atoms with Gasteiger partial charge in [-0.3, -0.25) is 9.59 Å². The number of hydrogen-bond acceptors (Lipinski definition) is 4. The predicted octanol–water partition coefficient (Wildman–Crippen LogP) is -0.207. The van der Waals surface area contributed by atoms with Gasteiger partial charge in [-0.05, 0) is 12.3 Å². The van der Waals surface area contributed by atoms with Crippen molar-refractivity contribution in [1.82, 2.24) is 10.2 Å². The van der Waals surface area contributed by atoms with Gasteiger partial charge < -0.3 is 10.2 Å². The third-order valence-corrected chi connectivity index (χ3v) is 4.21. The third kappa shape index (κ3) is 3.92. The Bertz CT molecular complexity index is 458. The van der Waals surface area contributed by atoms with E-state index in [-0.39, 0.29) is 30.0 Å². The summed E-state index contributed by atoms with van der Waals surface area (Å²) in [5.41, 5.74) is 0. The van der Waals surface area contributed by atoms with Crippen LogP contribution in [0.4, 0.5) is 0 Å². The minimum absolute atomic E-state index is 0.0185. The van der Waals surface area contributed by atoms with Gasteiger partial charge in [-0.15, -0.1) is 0 Å². The first-order valence-electron chi connectivity index (χ1n) is 6.46. The molecule has 0 spiro atoms. The minimum atomic E-state index is -3.16. The van der Waals surface area contributed by atoms with Gasteiger partial charge in [-0.1, -0.05) is 20.8 Å². The highest BCUT2D eigenvalue weighted by Crippen LogP contribution is 2.17. The van der Waals surface area contributed by atoms with Crippen molar-refractivity contribution in [2.75, 3.05) is 18.6 Å². The van der Waals surface area contributed by atoms with E-state index in [1.54, 1.807) is 6.92 Å². The maximum Gasteiger partial charge on any atom is 0.246 e. The second kappa shape index (κ2) is 5.90. The molecule has 0 aromatic heterocycles. The zero-order valence-corrected chi connectivity index (χ0v) is 12.7. The predicted molar refractivity (Wildman–Crippen MR) is 72.3 cm³/mol. The number of sulfone groups is 1. The van der Waals surface area contributed by atoms with E-state index in [4.69, 9.17) is 0 Å². The van der Waals surface area contributed by atoms with Crippen LogP contribution < -0.4 is 5.32 Å². The Kier molecular flexibility index (Phi) is 4.95. The number of hydrogen-bond donors (Lipinski definition) is 1. The smallest absolute Gasteiger partial charge is 0.246 e. The van der Waals surface area contributed by atoms with Gasteiger partial charge in [0.1, 0.15) is 21.9 Å². The molecule has 1 heterocycles. The van der Waals surface area contributed by atoms with Gasteiger partial charge in [-0.2, -0.15) is 0 Å². The Morgan fingerprint density at radius 3 is 2.32 bits per heavy atom. The van der Waals surface area contributed by atoms with Gasteiger partial charge in [0.25, 0.3) is 0 Å². The average molecular weight is 290 g/mol. The minimum Gasteiger partial charge on any atom is -0.342 e. The van der Waals surface area contributed by atoms with E-state index in [1.807, 2.05) is 13.8 Å². The molecule has 0 aromatic rings. The Morgan fingerprint density at radius 2 is 1.89 bits per heavy atom. The molecule has 2 atom stereocenters. The van der Waals surface area contributed by atoms with E-state index in [0.717, 1.165) is 6.26 Å². The fourth-order valence-corrected chi connectivity index (χ4v) is 2.70. The van der Waals surface area contributed by atoms with Crippen LogP contribution in [0.15, 0.2) is 0 Å². The van der Waals surface area contributed by atoms with Crippen molar-refractivity contribution in [3.8, 4) is 0 Å².